The Bertz CT molecular complexity index is 1550. The fourth-order valence-corrected chi connectivity index (χ4v) is 5.46. The molecule has 2 atom stereocenters. The first-order valence-electron chi connectivity index (χ1n) is 13.6. The number of carbonyl (C=O) groups excluding carboxylic acids is 1. The number of likely N-dealkylation sites (N-methyl/N-ethyl adjacent to an activating group) is 1. The molecular formula is C30H32ClN7O3. The SMILES string of the molecule is CN(C)C(=O)N1CCC(Oc2ccc3ncnc(Nc4ccc(OC5=CC6N=CN(C)C6C=C5)c(Cl)c4)c3c2)CC1. The van der Waals surface area contributed by atoms with E-state index in [1.165, 1.54) is 6.33 Å². The molecule has 1 N–H and O–H groups in total. The van der Waals surface area contributed by atoms with Gasteiger partial charge in [-0.25, -0.2) is 14.8 Å². The van der Waals surface area contributed by atoms with Gasteiger partial charge < -0.3 is 29.5 Å². The van der Waals surface area contributed by atoms with Gasteiger partial charge in [-0.15, -0.1) is 0 Å². The predicted molar refractivity (Wildman–Crippen MR) is 160 cm³/mol. The van der Waals surface area contributed by atoms with Crippen molar-refractivity contribution in [3.05, 3.63) is 71.7 Å². The second-order valence-electron chi connectivity index (χ2n) is 10.6. The van der Waals surface area contributed by atoms with Crippen molar-refractivity contribution in [3.63, 3.8) is 0 Å². The van der Waals surface area contributed by atoms with Gasteiger partial charge in [0.2, 0.25) is 0 Å². The number of halogens is 1. The van der Waals surface area contributed by atoms with Crippen LogP contribution in [0.5, 0.6) is 11.5 Å². The number of rotatable bonds is 6. The van der Waals surface area contributed by atoms with Crippen LogP contribution in [0, 0.1) is 0 Å². The number of hydrogen-bond donors (Lipinski definition) is 1. The normalized spacial score (nSPS) is 20.1. The maximum atomic E-state index is 12.2. The Kier molecular flexibility index (Phi) is 7.40. The number of nitrogens with one attached hydrogen (secondary N) is 1. The van der Waals surface area contributed by atoms with Crippen molar-refractivity contribution in [2.45, 2.75) is 31.0 Å². The lowest BCUT2D eigenvalue weighted by molar-refractivity contribution is 0.101. The summed E-state index contributed by atoms with van der Waals surface area (Å²) in [5.41, 5.74) is 1.56. The molecule has 1 fully saturated rings. The fraction of sp³-hybridized carbons (Fsp3) is 0.333. The largest absolute Gasteiger partial charge is 0.490 e. The van der Waals surface area contributed by atoms with Gasteiger partial charge in [0.1, 0.15) is 35.5 Å². The van der Waals surface area contributed by atoms with Crippen molar-refractivity contribution >= 4 is 46.4 Å². The van der Waals surface area contributed by atoms with Crippen molar-refractivity contribution in [1.29, 1.82) is 0 Å². The van der Waals surface area contributed by atoms with E-state index < -0.39 is 0 Å². The summed E-state index contributed by atoms with van der Waals surface area (Å²) in [6.45, 7) is 1.34. The number of nitrogens with zero attached hydrogens (tertiary/aromatic N) is 6. The highest BCUT2D eigenvalue weighted by Crippen LogP contribution is 2.34. The number of likely N-dealkylation sites (tertiary alicyclic amines) is 1. The highest BCUT2D eigenvalue weighted by Gasteiger charge is 2.28. The third-order valence-electron chi connectivity index (χ3n) is 7.46. The zero-order valence-corrected chi connectivity index (χ0v) is 24.0. The zero-order chi connectivity index (χ0) is 28.5. The number of aliphatic imine (C=N–C) groups is 1. The molecule has 2 aliphatic heterocycles. The van der Waals surface area contributed by atoms with E-state index in [4.69, 9.17) is 21.1 Å². The van der Waals surface area contributed by atoms with Gasteiger partial charge in [-0.1, -0.05) is 17.7 Å². The number of aromatic nitrogens is 2. The van der Waals surface area contributed by atoms with Crippen LogP contribution < -0.4 is 14.8 Å². The predicted octanol–water partition coefficient (Wildman–Crippen LogP) is 5.10. The smallest absolute Gasteiger partial charge is 0.319 e. The minimum Gasteiger partial charge on any atom is -0.490 e. The van der Waals surface area contributed by atoms with Crippen LogP contribution in [-0.4, -0.2) is 89.5 Å². The van der Waals surface area contributed by atoms with Crippen molar-refractivity contribution in [3.8, 4) is 11.5 Å². The first-order chi connectivity index (χ1) is 19.8. The molecular weight excluding hydrogens is 542 g/mol. The maximum Gasteiger partial charge on any atom is 0.319 e. The van der Waals surface area contributed by atoms with Crippen LogP contribution >= 0.6 is 11.6 Å². The van der Waals surface area contributed by atoms with Gasteiger partial charge >= 0.3 is 6.03 Å². The number of amides is 2. The Morgan fingerprint density at radius 1 is 1.12 bits per heavy atom. The average molecular weight is 574 g/mol. The number of benzene rings is 2. The van der Waals surface area contributed by atoms with Gasteiger partial charge in [-0.3, -0.25) is 4.99 Å². The third kappa shape index (κ3) is 5.78. The summed E-state index contributed by atoms with van der Waals surface area (Å²) in [5.74, 6) is 2.65. The molecule has 2 unspecified atom stereocenters. The lowest BCUT2D eigenvalue weighted by Gasteiger charge is -2.33. The van der Waals surface area contributed by atoms with E-state index in [1.807, 2.05) is 66.8 Å². The summed E-state index contributed by atoms with van der Waals surface area (Å²) in [5, 5.41) is 4.67. The van der Waals surface area contributed by atoms with E-state index in [-0.39, 0.29) is 24.2 Å². The van der Waals surface area contributed by atoms with Crippen molar-refractivity contribution < 1.29 is 14.3 Å². The lowest BCUT2D eigenvalue weighted by Crippen LogP contribution is -2.46. The number of ether oxygens (including phenoxy) is 2. The fourth-order valence-electron chi connectivity index (χ4n) is 5.24. The van der Waals surface area contributed by atoms with Crippen molar-refractivity contribution in [2.24, 2.45) is 4.99 Å². The standard InChI is InChI=1S/C30H32ClN7O3/c1-36(2)30(39)38-12-10-20(11-13-38)40-21-5-7-25-23(15-21)29(33-17-32-25)35-19-4-9-28(24(31)14-19)41-22-6-8-27-26(16-22)34-18-37(27)3/h4-9,14-18,20,26-27H,10-13H2,1-3H3,(H,32,33,35). The van der Waals surface area contributed by atoms with Gasteiger partial charge in [0.05, 0.1) is 29.0 Å². The molecule has 0 spiro atoms. The zero-order valence-electron chi connectivity index (χ0n) is 23.2. The molecule has 2 aromatic carbocycles. The van der Waals surface area contributed by atoms with Gasteiger partial charge in [-0.2, -0.15) is 0 Å². The number of carbonyl (C=O) groups is 1. The highest BCUT2D eigenvalue weighted by atomic mass is 35.5. The van der Waals surface area contributed by atoms with Crippen LogP contribution in [0.2, 0.25) is 5.02 Å². The van der Waals surface area contributed by atoms with Gasteiger partial charge in [0.25, 0.3) is 0 Å². The van der Waals surface area contributed by atoms with E-state index in [2.05, 4.69) is 31.3 Å². The van der Waals surface area contributed by atoms with E-state index in [0.29, 0.717) is 35.4 Å². The van der Waals surface area contributed by atoms with Crippen molar-refractivity contribution in [2.75, 3.05) is 39.5 Å². The average Bonchev–Trinajstić information content (AvgIpc) is 3.34. The summed E-state index contributed by atoms with van der Waals surface area (Å²) < 4.78 is 12.4. The minimum atomic E-state index is 0.0347. The van der Waals surface area contributed by atoms with Crippen LogP contribution in [0.1, 0.15) is 12.8 Å². The van der Waals surface area contributed by atoms with Crippen LogP contribution in [0.3, 0.4) is 0 Å². The van der Waals surface area contributed by atoms with Gasteiger partial charge in [-0.05, 0) is 48.6 Å². The van der Waals surface area contributed by atoms with Crippen LogP contribution in [0.4, 0.5) is 16.3 Å². The molecule has 11 heteroatoms. The van der Waals surface area contributed by atoms with Crippen LogP contribution in [0.25, 0.3) is 10.9 Å². The molecule has 3 heterocycles. The second kappa shape index (κ2) is 11.3. The van der Waals surface area contributed by atoms with E-state index >= 15 is 0 Å². The molecule has 3 aromatic rings. The van der Waals surface area contributed by atoms with Gasteiger partial charge in [0, 0.05) is 58.1 Å². The third-order valence-corrected chi connectivity index (χ3v) is 7.76. The number of allylic oxidation sites excluding steroid dienone is 1. The van der Waals surface area contributed by atoms with E-state index in [1.54, 1.807) is 19.0 Å². The second-order valence-corrected chi connectivity index (χ2v) is 11.0. The Balaban J connectivity index is 1.13. The molecule has 2 amide bonds. The first kappa shape index (κ1) is 26.9. The molecule has 1 saturated heterocycles. The Hall–Kier alpha value is -4.31. The van der Waals surface area contributed by atoms with Gasteiger partial charge in [0.15, 0.2) is 0 Å². The lowest BCUT2D eigenvalue weighted by atomic mass is 10.0. The number of fused-ring (bicyclic) bond motifs is 2. The molecule has 10 nitrogen and oxygen atoms in total. The van der Waals surface area contributed by atoms with E-state index in [9.17, 15) is 4.79 Å². The number of anilines is 2. The van der Waals surface area contributed by atoms with Crippen molar-refractivity contribution in [1.82, 2.24) is 24.7 Å². The summed E-state index contributed by atoms with van der Waals surface area (Å²) in [4.78, 5) is 31.2. The molecule has 41 heavy (non-hydrogen) atoms. The summed E-state index contributed by atoms with van der Waals surface area (Å²) in [6.07, 6.45) is 11.0. The number of piperidine rings is 1. The molecule has 1 aromatic heterocycles. The molecule has 3 aliphatic rings. The van der Waals surface area contributed by atoms with Crippen LogP contribution in [0.15, 0.2) is 71.7 Å². The Labute approximate surface area is 243 Å². The molecule has 212 valence electrons. The Morgan fingerprint density at radius 2 is 1.95 bits per heavy atom. The Morgan fingerprint density at radius 3 is 2.73 bits per heavy atom. The molecule has 1 aliphatic carbocycles. The summed E-state index contributed by atoms with van der Waals surface area (Å²) >= 11 is 6.61. The topological polar surface area (TPSA) is 95.4 Å². The number of hydrogen-bond acceptors (Lipinski definition) is 8. The first-order valence-corrected chi connectivity index (χ1v) is 14.0. The monoisotopic (exact) mass is 573 g/mol. The summed E-state index contributed by atoms with van der Waals surface area (Å²) in [6, 6.07) is 11.6. The number of urea groups is 1. The molecule has 0 radical (unpaired) electrons. The minimum absolute atomic E-state index is 0.0347. The highest BCUT2D eigenvalue weighted by molar-refractivity contribution is 6.32. The molecule has 6 rings (SSSR count). The molecule has 0 bridgehead atoms. The maximum absolute atomic E-state index is 12.2. The summed E-state index contributed by atoms with van der Waals surface area (Å²) in [7, 11) is 5.56. The van der Waals surface area contributed by atoms with Crippen LogP contribution in [-0.2, 0) is 0 Å². The quantitative estimate of drug-likeness (QED) is 0.438. The van der Waals surface area contributed by atoms with E-state index in [0.717, 1.165) is 35.2 Å². The molecule has 0 saturated carbocycles.